The molecule has 170 valence electrons. The molecule has 1 unspecified atom stereocenters. The van der Waals surface area contributed by atoms with Crippen LogP contribution in [0.1, 0.15) is 16.7 Å². The lowest BCUT2D eigenvalue weighted by atomic mass is 10.1. The van der Waals surface area contributed by atoms with Gasteiger partial charge in [-0.2, -0.15) is 0 Å². The molecule has 2 aliphatic rings. The van der Waals surface area contributed by atoms with Crippen LogP contribution in [0.3, 0.4) is 0 Å². The summed E-state index contributed by atoms with van der Waals surface area (Å²) < 4.78 is 0. The average molecular weight is 489 g/mol. The molecule has 3 aromatic carbocycles. The smallest absolute Gasteiger partial charge is 0.259 e. The monoisotopic (exact) mass is 488 g/mol. The maximum atomic E-state index is 13.4. The van der Waals surface area contributed by atoms with E-state index in [4.69, 9.17) is 16.6 Å². The number of fused-ring (bicyclic) bond motifs is 3. The number of para-hydroxylation sites is 1. The number of rotatable bonds is 6. The molecule has 0 aliphatic carbocycles. The molecular weight excluding hydrogens is 468 g/mol. The highest BCUT2D eigenvalue weighted by Gasteiger charge is 2.41. The number of aliphatic imine (C=N–C) groups is 2. The minimum atomic E-state index is -0.520. The van der Waals surface area contributed by atoms with Crippen LogP contribution < -0.4 is 5.32 Å². The lowest BCUT2D eigenvalue weighted by Crippen LogP contribution is -2.42. The van der Waals surface area contributed by atoms with Gasteiger partial charge in [0.25, 0.3) is 5.91 Å². The van der Waals surface area contributed by atoms with Gasteiger partial charge in [-0.1, -0.05) is 78.0 Å². The first-order chi connectivity index (χ1) is 16.6. The number of carbonyl (C=O) groups excluding carboxylic acids is 2. The molecule has 2 aliphatic heterocycles. The van der Waals surface area contributed by atoms with Crippen molar-refractivity contribution in [1.82, 2.24) is 10.2 Å². The number of benzene rings is 3. The van der Waals surface area contributed by atoms with E-state index in [1.807, 2.05) is 66.7 Å². The zero-order valence-corrected chi connectivity index (χ0v) is 19.7. The Morgan fingerprint density at radius 1 is 0.971 bits per heavy atom. The van der Waals surface area contributed by atoms with Crippen LogP contribution in [0, 0.1) is 0 Å². The number of nitrogens with one attached hydrogen (secondary N) is 1. The summed E-state index contributed by atoms with van der Waals surface area (Å²) in [6, 6.07) is 24.3. The van der Waals surface area contributed by atoms with Crippen LogP contribution in [0.5, 0.6) is 0 Å². The third-order valence-corrected chi connectivity index (χ3v) is 6.75. The SMILES string of the molecule is O=C(CSC1=Nc2ccccc2C2=NC(Cc3ccccc3)C(=O)N12)NCc1ccc(Cl)cc1. The molecule has 34 heavy (non-hydrogen) atoms. The molecule has 0 aromatic heterocycles. The molecule has 8 heteroatoms. The Balaban J connectivity index is 1.31. The van der Waals surface area contributed by atoms with E-state index in [9.17, 15) is 9.59 Å². The van der Waals surface area contributed by atoms with E-state index < -0.39 is 6.04 Å². The fourth-order valence-corrected chi connectivity index (χ4v) is 4.81. The first-order valence-corrected chi connectivity index (χ1v) is 12.2. The third-order valence-electron chi connectivity index (χ3n) is 5.55. The van der Waals surface area contributed by atoms with Gasteiger partial charge in [-0.15, -0.1) is 0 Å². The van der Waals surface area contributed by atoms with Crippen molar-refractivity contribution in [3.05, 3.63) is 101 Å². The van der Waals surface area contributed by atoms with Crippen molar-refractivity contribution in [1.29, 1.82) is 0 Å². The van der Waals surface area contributed by atoms with Gasteiger partial charge >= 0.3 is 0 Å². The Morgan fingerprint density at radius 2 is 1.71 bits per heavy atom. The van der Waals surface area contributed by atoms with Crippen LogP contribution in [0.4, 0.5) is 5.69 Å². The van der Waals surface area contributed by atoms with Gasteiger partial charge in [-0.05, 0) is 35.4 Å². The summed E-state index contributed by atoms with van der Waals surface area (Å²) in [6.07, 6.45) is 0.515. The second-order valence-corrected chi connectivity index (χ2v) is 9.31. The van der Waals surface area contributed by atoms with E-state index in [1.54, 1.807) is 17.0 Å². The van der Waals surface area contributed by atoms with E-state index in [-0.39, 0.29) is 17.6 Å². The molecule has 0 bridgehead atoms. The number of carbonyl (C=O) groups is 2. The standard InChI is InChI=1S/C26H21ClN4O2S/c27-19-12-10-18(11-13-19)15-28-23(32)16-34-26-30-21-9-5-4-8-20(21)24-29-22(25(33)31(24)26)14-17-6-2-1-3-7-17/h1-13,22H,14-16H2,(H,28,32). The summed E-state index contributed by atoms with van der Waals surface area (Å²) in [5.74, 6) is 0.462. The van der Waals surface area contributed by atoms with E-state index in [1.165, 1.54) is 11.8 Å². The minimum absolute atomic E-state index is 0.124. The molecule has 0 spiro atoms. The fraction of sp³-hybridized carbons (Fsp3) is 0.154. The molecule has 0 saturated carbocycles. The maximum Gasteiger partial charge on any atom is 0.259 e. The van der Waals surface area contributed by atoms with Crippen LogP contribution in [-0.4, -0.2) is 39.5 Å². The molecule has 3 aromatic rings. The summed E-state index contributed by atoms with van der Waals surface area (Å²) in [5.41, 5.74) is 3.57. The zero-order chi connectivity index (χ0) is 23.5. The number of nitrogens with zero attached hydrogens (tertiary/aromatic N) is 3. The van der Waals surface area contributed by atoms with E-state index in [0.717, 1.165) is 22.4 Å². The van der Waals surface area contributed by atoms with Crippen LogP contribution >= 0.6 is 23.4 Å². The molecule has 0 saturated heterocycles. The lowest BCUT2D eigenvalue weighted by Gasteiger charge is -2.25. The predicted octanol–water partition coefficient (Wildman–Crippen LogP) is 4.59. The van der Waals surface area contributed by atoms with Gasteiger partial charge in [0, 0.05) is 23.6 Å². The number of amides is 2. The first-order valence-electron chi connectivity index (χ1n) is 10.9. The summed E-state index contributed by atoms with van der Waals surface area (Å²) in [5, 5.41) is 4.02. The fourth-order valence-electron chi connectivity index (χ4n) is 3.85. The van der Waals surface area contributed by atoms with Crippen LogP contribution in [-0.2, 0) is 22.6 Å². The molecule has 0 radical (unpaired) electrons. The molecule has 1 atom stereocenters. The van der Waals surface area contributed by atoms with Crippen LogP contribution in [0.25, 0.3) is 0 Å². The van der Waals surface area contributed by atoms with Crippen molar-refractivity contribution < 1.29 is 9.59 Å². The van der Waals surface area contributed by atoms with Gasteiger partial charge < -0.3 is 5.32 Å². The Labute approximate surface area is 206 Å². The Bertz CT molecular complexity index is 1290. The predicted molar refractivity (Wildman–Crippen MR) is 137 cm³/mol. The zero-order valence-electron chi connectivity index (χ0n) is 18.1. The highest BCUT2D eigenvalue weighted by atomic mass is 35.5. The van der Waals surface area contributed by atoms with Gasteiger partial charge in [0.2, 0.25) is 5.91 Å². The molecule has 2 amide bonds. The quantitative estimate of drug-likeness (QED) is 0.551. The summed E-state index contributed by atoms with van der Waals surface area (Å²) in [7, 11) is 0. The second kappa shape index (κ2) is 9.83. The molecule has 5 rings (SSSR count). The van der Waals surface area contributed by atoms with Gasteiger partial charge in [0.1, 0.15) is 11.9 Å². The van der Waals surface area contributed by atoms with E-state index in [2.05, 4.69) is 10.3 Å². The van der Waals surface area contributed by atoms with E-state index in [0.29, 0.717) is 29.0 Å². The van der Waals surface area contributed by atoms with Crippen molar-refractivity contribution in [2.24, 2.45) is 9.98 Å². The molecular formula is C26H21ClN4O2S. The number of hydrogen-bond acceptors (Lipinski definition) is 5. The molecule has 0 fully saturated rings. The third kappa shape index (κ3) is 4.76. The van der Waals surface area contributed by atoms with Crippen molar-refractivity contribution in [2.45, 2.75) is 19.0 Å². The highest BCUT2D eigenvalue weighted by molar-refractivity contribution is 8.14. The van der Waals surface area contributed by atoms with Gasteiger partial charge in [-0.25, -0.2) is 9.89 Å². The van der Waals surface area contributed by atoms with Crippen molar-refractivity contribution >= 4 is 51.9 Å². The number of thioether (sulfide) groups is 1. The van der Waals surface area contributed by atoms with Crippen LogP contribution in [0.2, 0.25) is 5.02 Å². The largest absolute Gasteiger partial charge is 0.351 e. The highest BCUT2D eigenvalue weighted by Crippen LogP contribution is 2.34. The maximum absolute atomic E-state index is 13.4. The van der Waals surface area contributed by atoms with Gasteiger partial charge in [0.15, 0.2) is 5.17 Å². The average Bonchev–Trinajstić information content (AvgIpc) is 3.19. The number of halogens is 1. The van der Waals surface area contributed by atoms with Crippen molar-refractivity contribution in [3.63, 3.8) is 0 Å². The van der Waals surface area contributed by atoms with Crippen LogP contribution in [0.15, 0.2) is 88.8 Å². The summed E-state index contributed by atoms with van der Waals surface area (Å²) in [4.78, 5) is 36.9. The number of hydrogen-bond donors (Lipinski definition) is 1. The van der Waals surface area contributed by atoms with Crippen molar-refractivity contribution in [3.8, 4) is 0 Å². The van der Waals surface area contributed by atoms with E-state index >= 15 is 0 Å². The molecule has 1 N–H and O–H groups in total. The lowest BCUT2D eigenvalue weighted by molar-refractivity contribution is -0.124. The first kappa shape index (κ1) is 22.4. The minimum Gasteiger partial charge on any atom is -0.351 e. The topological polar surface area (TPSA) is 74.1 Å². The normalized spacial score (nSPS) is 16.4. The summed E-state index contributed by atoms with van der Waals surface area (Å²) >= 11 is 7.15. The van der Waals surface area contributed by atoms with Gasteiger partial charge in [-0.3, -0.25) is 14.6 Å². The molecule has 6 nitrogen and oxygen atoms in total. The Morgan fingerprint density at radius 3 is 2.50 bits per heavy atom. The number of amidine groups is 2. The summed E-state index contributed by atoms with van der Waals surface area (Å²) in [6.45, 7) is 0.403. The van der Waals surface area contributed by atoms with Crippen molar-refractivity contribution in [2.75, 3.05) is 5.75 Å². The molecule has 2 heterocycles. The Kier molecular flexibility index (Phi) is 6.47. The Hall–Kier alpha value is -3.42. The van der Waals surface area contributed by atoms with Gasteiger partial charge in [0.05, 0.1) is 11.4 Å². The second-order valence-electron chi connectivity index (χ2n) is 7.94.